The van der Waals surface area contributed by atoms with E-state index < -0.39 is 23.4 Å². The summed E-state index contributed by atoms with van der Waals surface area (Å²) >= 11 is 0. The molecule has 0 heterocycles. The standard InChI is InChI=1S/C13H15F3N2O/c1-2-3-11(19)8-18-10-5-4-9(7-17)12(6-10)13(14,15)16/h4-6,11,18-19H,2-3,8H2,1H3. The molecule has 0 spiro atoms. The molecule has 1 rings (SSSR count). The van der Waals surface area contributed by atoms with Gasteiger partial charge in [0.1, 0.15) is 0 Å². The van der Waals surface area contributed by atoms with Crippen molar-refractivity contribution in [2.75, 3.05) is 11.9 Å². The lowest BCUT2D eigenvalue weighted by Crippen LogP contribution is -2.19. The number of hydrogen-bond donors (Lipinski definition) is 2. The maximum absolute atomic E-state index is 12.7. The van der Waals surface area contributed by atoms with Crippen LogP contribution in [0.25, 0.3) is 0 Å². The van der Waals surface area contributed by atoms with Gasteiger partial charge in [0.15, 0.2) is 0 Å². The second-order valence-corrected chi connectivity index (χ2v) is 4.19. The minimum atomic E-state index is -4.56. The van der Waals surface area contributed by atoms with Gasteiger partial charge in [0.05, 0.1) is 23.3 Å². The Morgan fingerprint density at radius 3 is 2.63 bits per heavy atom. The van der Waals surface area contributed by atoms with Crippen molar-refractivity contribution in [3.63, 3.8) is 0 Å². The Bertz CT molecular complexity index is 466. The fourth-order valence-corrected chi connectivity index (χ4v) is 1.66. The fourth-order valence-electron chi connectivity index (χ4n) is 1.66. The average Bonchev–Trinajstić information content (AvgIpc) is 2.35. The number of aliphatic hydroxyl groups is 1. The van der Waals surface area contributed by atoms with Crippen LogP contribution in [0, 0.1) is 11.3 Å². The molecule has 2 N–H and O–H groups in total. The minimum Gasteiger partial charge on any atom is -0.391 e. The summed E-state index contributed by atoms with van der Waals surface area (Å²) in [5.41, 5.74) is -1.14. The molecule has 0 aliphatic rings. The molecule has 0 bridgehead atoms. The summed E-state index contributed by atoms with van der Waals surface area (Å²) in [5.74, 6) is 0. The summed E-state index contributed by atoms with van der Waals surface area (Å²) in [7, 11) is 0. The molecule has 104 valence electrons. The molecule has 1 aromatic rings. The molecule has 0 saturated heterocycles. The largest absolute Gasteiger partial charge is 0.417 e. The first-order valence-corrected chi connectivity index (χ1v) is 5.91. The van der Waals surface area contributed by atoms with E-state index >= 15 is 0 Å². The van der Waals surface area contributed by atoms with Crippen LogP contribution in [0.3, 0.4) is 0 Å². The number of nitrogens with one attached hydrogen (secondary N) is 1. The molecule has 0 radical (unpaired) electrons. The maximum atomic E-state index is 12.7. The number of rotatable bonds is 5. The molecule has 0 aliphatic heterocycles. The summed E-state index contributed by atoms with van der Waals surface area (Å²) < 4.78 is 38.1. The molecule has 19 heavy (non-hydrogen) atoms. The number of aliphatic hydroxyl groups excluding tert-OH is 1. The molecule has 0 saturated carbocycles. The van der Waals surface area contributed by atoms with Crippen molar-refractivity contribution in [2.45, 2.75) is 32.0 Å². The summed E-state index contributed by atoms with van der Waals surface area (Å²) in [5, 5.41) is 20.9. The summed E-state index contributed by atoms with van der Waals surface area (Å²) in [6, 6.07) is 4.92. The second-order valence-electron chi connectivity index (χ2n) is 4.19. The van der Waals surface area contributed by atoms with Crippen LogP contribution in [0.5, 0.6) is 0 Å². The van der Waals surface area contributed by atoms with Crippen LogP contribution in [0.15, 0.2) is 18.2 Å². The van der Waals surface area contributed by atoms with Crippen molar-refractivity contribution >= 4 is 5.69 Å². The molecule has 0 fully saturated rings. The lowest BCUT2D eigenvalue weighted by atomic mass is 10.1. The van der Waals surface area contributed by atoms with Gasteiger partial charge in [-0.2, -0.15) is 18.4 Å². The molecule has 0 aromatic heterocycles. The zero-order valence-electron chi connectivity index (χ0n) is 10.5. The SMILES string of the molecule is CCCC(O)CNc1ccc(C#N)c(C(F)(F)F)c1. The van der Waals surface area contributed by atoms with Crippen LogP contribution < -0.4 is 5.32 Å². The molecule has 1 aromatic carbocycles. The summed E-state index contributed by atoms with van der Waals surface area (Å²) in [4.78, 5) is 0. The van der Waals surface area contributed by atoms with Gasteiger partial charge in [-0.15, -0.1) is 0 Å². The van der Waals surface area contributed by atoms with Gasteiger partial charge in [-0.05, 0) is 24.6 Å². The van der Waals surface area contributed by atoms with Crippen LogP contribution in [0.4, 0.5) is 18.9 Å². The first kappa shape index (κ1) is 15.3. The smallest absolute Gasteiger partial charge is 0.391 e. The number of benzene rings is 1. The van der Waals surface area contributed by atoms with Gasteiger partial charge in [0.2, 0.25) is 0 Å². The van der Waals surface area contributed by atoms with Crippen molar-refractivity contribution in [2.24, 2.45) is 0 Å². The third-order valence-electron chi connectivity index (χ3n) is 2.61. The third kappa shape index (κ3) is 4.45. The van der Waals surface area contributed by atoms with Gasteiger partial charge in [-0.3, -0.25) is 0 Å². The lowest BCUT2D eigenvalue weighted by Gasteiger charge is -2.14. The van der Waals surface area contributed by atoms with Crippen LogP contribution >= 0.6 is 0 Å². The number of halogens is 3. The molecular formula is C13H15F3N2O. The quantitative estimate of drug-likeness (QED) is 0.865. The molecule has 0 aliphatic carbocycles. The Morgan fingerprint density at radius 2 is 2.11 bits per heavy atom. The molecule has 3 nitrogen and oxygen atoms in total. The summed E-state index contributed by atoms with van der Waals surface area (Å²) in [6.07, 6.45) is -3.79. The number of nitriles is 1. The predicted octanol–water partition coefficient (Wildman–Crippen LogP) is 3.15. The monoisotopic (exact) mass is 272 g/mol. The van der Waals surface area contributed by atoms with E-state index in [-0.39, 0.29) is 12.2 Å². The van der Waals surface area contributed by atoms with E-state index in [1.165, 1.54) is 12.1 Å². The van der Waals surface area contributed by atoms with E-state index in [0.717, 1.165) is 18.6 Å². The number of hydrogen-bond acceptors (Lipinski definition) is 3. The average molecular weight is 272 g/mol. The fraction of sp³-hybridized carbons (Fsp3) is 0.462. The topological polar surface area (TPSA) is 56.0 Å². The van der Waals surface area contributed by atoms with Crippen molar-refractivity contribution in [1.82, 2.24) is 0 Å². The Kier molecular flexibility index (Phi) is 5.19. The highest BCUT2D eigenvalue weighted by Gasteiger charge is 2.33. The molecule has 1 atom stereocenters. The van der Waals surface area contributed by atoms with E-state index in [0.29, 0.717) is 6.42 Å². The number of anilines is 1. The third-order valence-corrected chi connectivity index (χ3v) is 2.61. The summed E-state index contributed by atoms with van der Waals surface area (Å²) in [6.45, 7) is 2.09. The normalized spacial score (nSPS) is 12.8. The van der Waals surface area contributed by atoms with Gasteiger partial charge in [0.25, 0.3) is 0 Å². The van der Waals surface area contributed by atoms with Crippen molar-refractivity contribution in [3.8, 4) is 6.07 Å². The van der Waals surface area contributed by atoms with E-state index in [9.17, 15) is 18.3 Å². The highest BCUT2D eigenvalue weighted by molar-refractivity contribution is 5.53. The van der Waals surface area contributed by atoms with E-state index in [4.69, 9.17) is 5.26 Å². The van der Waals surface area contributed by atoms with Crippen LogP contribution in [-0.4, -0.2) is 17.8 Å². The maximum Gasteiger partial charge on any atom is 0.417 e. The first-order chi connectivity index (χ1) is 8.88. The molecular weight excluding hydrogens is 257 g/mol. The van der Waals surface area contributed by atoms with E-state index in [1.54, 1.807) is 0 Å². The van der Waals surface area contributed by atoms with Gasteiger partial charge in [0, 0.05) is 12.2 Å². The Labute approximate surface area is 109 Å². The van der Waals surface area contributed by atoms with Gasteiger partial charge < -0.3 is 10.4 Å². The predicted molar refractivity (Wildman–Crippen MR) is 65.6 cm³/mol. The van der Waals surface area contributed by atoms with Crippen molar-refractivity contribution in [1.29, 1.82) is 5.26 Å². The number of nitrogens with zero attached hydrogens (tertiary/aromatic N) is 1. The Balaban J connectivity index is 2.85. The Hall–Kier alpha value is -1.74. The van der Waals surface area contributed by atoms with Crippen LogP contribution in [0.1, 0.15) is 30.9 Å². The highest BCUT2D eigenvalue weighted by atomic mass is 19.4. The Morgan fingerprint density at radius 1 is 1.42 bits per heavy atom. The highest BCUT2D eigenvalue weighted by Crippen LogP contribution is 2.33. The van der Waals surface area contributed by atoms with Gasteiger partial charge in [-0.25, -0.2) is 0 Å². The zero-order valence-corrected chi connectivity index (χ0v) is 10.5. The number of alkyl halides is 3. The minimum absolute atomic E-state index is 0.178. The van der Waals surface area contributed by atoms with Crippen LogP contribution in [-0.2, 0) is 6.18 Å². The van der Waals surface area contributed by atoms with Crippen LogP contribution in [0.2, 0.25) is 0 Å². The lowest BCUT2D eigenvalue weighted by molar-refractivity contribution is -0.137. The second kappa shape index (κ2) is 6.43. The van der Waals surface area contributed by atoms with Gasteiger partial charge in [-0.1, -0.05) is 13.3 Å². The molecule has 0 amide bonds. The molecule has 1 unspecified atom stereocenters. The van der Waals surface area contributed by atoms with Gasteiger partial charge >= 0.3 is 6.18 Å². The van der Waals surface area contributed by atoms with E-state index in [1.807, 2.05) is 6.92 Å². The van der Waals surface area contributed by atoms with E-state index in [2.05, 4.69) is 5.32 Å². The van der Waals surface area contributed by atoms with Crippen molar-refractivity contribution < 1.29 is 18.3 Å². The first-order valence-electron chi connectivity index (χ1n) is 5.91. The zero-order chi connectivity index (χ0) is 14.5. The molecule has 6 heteroatoms. The van der Waals surface area contributed by atoms with Crippen molar-refractivity contribution in [3.05, 3.63) is 29.3 Å².